The Balaban J connectivity index is 1.42. The summed E-state index contributed by atoms with van der Waals surface area (Å²) < 4.78 is 5.00. The van der Waals surface area contributed by atoms with Crippen molar-refractivity contribution in [1.82, 2.24) is 15.1 Å². The van der Waals surface area contributed by atoms with Crippen LogP contribution >= 0.6 is 0 Å². The number of benzene rings is 1. The van der Waals surface area contributed by atoms with Crippen molar-refractivity contribution in [2.24, 2.45) is 0 Å². The van der Waals surface area contributed by atoms with E-state index in [-0.39, 0.29) is 12.1 Å². The number of anilines is 1. The fourth-order valence-electron chi connectivity index (χ4n) is 3.67. The van der Waals surface area contributed by atoms with E-state index in [0.717, 1.165) is 13.0 Å². The summed E-state index contributed by atoms with van der Waals surface area (Å²) in [4.78, 5) is 29.8. The number of piperazine rings is 1. The summed E-state index contributed by atoms with van der Waals surface area (Å²) in [6.07, 6.45) is 0.758. The molecule has 1 aromatic carbocycles. The number of fused-ring (bicyclic) bond motifs is 1. The summed E-state index contributed by atoms with van der Waals surface area (Å²) in [6, 6.07) is 8.85. The average molecular weight is 360 g/mol. The number of carbonyl (C=O) groups is 2. The summed E-state index contributed by atoms with van der Waals surface area (Å²) in [5, 5.41) is 3.01. The lowest BCUT2D eigenvalue weighted by molar-refractivity contribution is 0.0852. The highest BCUT2D eigenvalue weighted by Gasteiger charge is 2.26. The van der Waals surface area contributed by atoms with Crippen LogP contribution in [0.4, 0.5) is 15.3 Å². The van der Waals surface area contributed by atoms with Gasteiger partial charge < -0.3 is 24.8 Å². The summed E-state index contributed by atoms with van der Waals surface area (Å²) >= 11 is 0. The Bertz CT molecular complexity index is 643. The number of carbonyl (C=O) groups excluding carboxylic acids is 2. The van der Waals surface area contributed by atoms with Crippen molar-refractivity contribution in [3.63, 3.8) is 0 Å². The fourth-order valence-corrected chi connectivity index (χ4v) is 3.67. The van der Waals surface area contributed by atoms with Crippen molar-refractivity contribution < 1.29 is 14.3 Å². The van der Waals surface area contributed by atoms with Crippen LogP contribution in [-0.2, 0) is 11.2 Å². The van der Waals surface area contributed by atoms with E-state index in [2.05, 4.69) is 41.4 Å². The van der Waals surface area contributed by atoms with Gasteiger partial charge in [-0.2, -0.15) is 0 Å². The molecule has 7 nitrogen and oxygen atoms in total. The largest absolute Gasteiger partial charge is 0.450 e. The molecular weight excluding hydrogens is 332 g/mol. The van der Waals surface area contributed by atoms with E-state index in [9.17, 15) is 9.59 Å². The second-order valence-corrected chi connectivity index (χ2v) is 6.78. The minimum absolute atomic E-state index is 0.0614. The molecule has 2 heterocycles. The van der Waals surface area contributed by atoms with Crippen LogP contribution in [0.1, 0.15) is 19.4 Å². The number of nitrogens with one attached hydrogen (secondary N) is 1. The lowest BCUT2D eigenvalue weighted by Crippen LogP contribution is -2.54. The molecule has 3 amide bonds. The monoisotopic (exact) mass is 360 g/mol. The molecule has 0 spiro atoms. The van der Waals surface area contributed by atoms with Crippen molar-refractivity contribution in [3.8, 4) is 0 Å². The maximum absolute atomic E-state index is 12.4. The van der Waals surface area contributed by atoms with Crippen LogP contribution in [0.5, 0.6) is 0 Å². The predicted molar refractivity (Wildman–Crippen MR) is 101 cm³/mol. The summed E-state index contributed by atoms with van der Waals surface area (Å²) in [5.74, 6) is 0. The van der Waals surface area contributed by atoms with E-state index in [1.165, 1.54) is 11.3 Å². The first kappa shape index (κ1) is 18.4. The molecule has 1 aromatic rings. The Morgan fingerprint density at radius 2 is 1.85 bits per heavy atom. The highest BCUT2D eigenvalue weighted by atomic mass is 16.6. The molecule has 3 rings (SSSR count). The van der Waals surface area contributed by atoms with E-state index in [0.29, 0.717) is 45.4 Å². The van der Waals surface area contributed by atoms with Crippen LogP contribution in [0.15, 0.2) is 24.3 Å². The molecule has 1 fully saturated rings. The van der Waals surface area contributed by atoms with Gasteiger partial charge in [0.1, 0.15) is 0 Å². The van der Waals surface area contributed by atoms with Crippen molar-refractivity contribution in [3.05, 3.63) is 29.8 Å². The molecule has 142 valence electrons. The molecule has 26 heavy (non-hydrogen) atoms. The van der Waals surface area contributed by atoms with E-state index in [1.54, 1.807) is 16.7 Å². The topological polar surface area (TPSA) is 65.1 Å². The highest BCUT2D eigenvalue weighted by Crippen LogP contribution is 2.31. The smallest absolute Gasteiger partial charge is 0.409 e. The molecule has 0 saturated carbocycles. The Morgan fingerprint density at radius 1 is 1.15 bits per heavy atom. The lowest BCUT2D eigenvalue weighted by atomic mass is 10.1. The Kier molecular flexibility index (Phi) is 5.85. The average Bonchev–Trinajstić information content (AvgIpc) is 2.97. The number of para-hydroxylation sites is 1. The summed E-state index contributed by atoms with van der Waals surface area (Å²) in [6.45, 7) is 7.89. The van der Waals surface area contributed by atoms with Gasteiger partial charge in [-0.3, -0.25) is 0 Å². The highest BCUT2D eigenvalue weighted by molar-refractivity contribution is 5.75. The van der Waals surface area contributed by atoms with Gasteiger partial charge in [-0.05, 0) is 31.9 Å². The van der Waals surface area contributed by atoms with Gasteiger partial charge in [0.05, 0.1) is 6.61 Å². The SMILES string of the molecule is CCOC(=O)N1CCN(C(=O)NCCN2c3ccccc3CC2C)CC1. The van der Waals surface area contributed by atoms with Crippen LogP contribution in [-0.4, -0.2) is 73.8 Å². The van der Waals surface area contributed by atoms with Gasteiger partial charge in [0, 0.05) is 51.0 Å². The van der Waals surface area contributed by atoms with Crippen LogP contribution in [0.3, 0.4) is 0 Å². The van der Waals surface area contributed by atoms with Gasteiger partial charge >= 0.3 is 12.1 Å². The van der Waals surface area contributed by atoms with E-state index < -0.39 is 0 Å². The van der Waals surface area contributed by atoms with E-state index in [1.807, 2.05) is 0 Å². The van der Waals surface area contributed by atoms with E-state index in [4.69, 9.17) is 4.74 Å². The first-order valence-electron chi connectivity index (χ1n) is 9.39. The third-order valence-electron chi connectivity index (χ3n) is 5.07. The normalized spacial score (nSPS) is 19.3. The van der Waals surface area contributed by atoms with E-state index >= 15 is 0 Å². The Morgan fingerprint density at radius 3 is 2.58 bits per heavy atom. The zero-order chi connectivity index (χ0) is 18.5. The first-order chi connectivity index (χ1) is 12.6. The molecule has 0 aromatic heterocycles. The first-order valence-corrected chi connectivity index (χ1v) is 9.39. The van der Waals surface area contributed by atoms with Gasteiger partial charge in [-0.25, -0.2) is 9.59 Å². The molecule has 0 aliphatic carbocycles. The second-order valence-electron chi connectivity index (χ2n) is 6.78. The molecule has 1 N–H and O–H groups in total. The number of ether oxygens (including phenoxy) is 1. The molecule has 1 atom stereocenters. The second kappa shape index (κ2) is 8.29. The van der Waals surface area contributed by atoms with Crippen molar-refractivity contribution in [2.45, 2.75) is 26.3 Å². The molecule has 2 aliphatic rings. The molecule has 2 aliphatic heterocycles. The van der Waals surface area contributed by atoms with Gasteiger partial charge in [0.15, 0.2) is 0 Å². The Labute approximate surface area is 154 Å². The quantitative estimate of drug-likeness (QED) is 0.891. The fraction of sp³-hybridized carbons (Fsp3) is 0.579. The van der Waals surface area contributed by atoms with Gasteiger partial charge in [0.25, 0.3) is 0 Å². The van der Waals surface area contributed by atoms with Crippen LogP contribution in [0, 0.1) is 0 Å². The summed E-state index contributed by atoms with van der Waals surface area (Å²) in [7, 11) is 0. The predicted octanol–water partition coefficient (Wildman–Crippen LogP) is 1.92. The third-order valence-corrected chi connectivity index (χ3v) is 5.07. The molecule has 1 saturated heterocycles. The van der Waals surface area contributed by atoms with Crippen LogP contribution in [0.25, 0.3) is 0 Å². The van der Waals surface area contributed by atoms with Gasteiger partial charge in [0.2, 0.25) is 0 Å². The van der Waals surface area contributed by atoms with Crippen molar-refractivity contribution in [2.75, 3.05) is 50.8 Å². The minimum Gasteiger partial charge on any atom is -0.450 e. The van der Waals surface area contributed by atoms with Crippen molar-refractivity contribution in [1.29, 1.82) is 0 Å². The number of hydrogen-bond donors (Lipinski definition) is 1. The molecule has 0 bridgehead atoms. The molecule has 1 unspecified atom stereocenters. The lowest BCUT2D eigenvalue weighted by Gasteiger charge is -2.34. The van der Waals surface area contributed by atoms with Crippen molar-refractivity contribution >= 4 is 17.8 Å². The number of amides is 3. The third kappa shape index (κ3) is 4.03. The number of hydrogen-bond acceptors (Lipinski definition) is 4. The number of rotatable bonds is 4. The standard InChI is InChI=1S/C19H28N4O3/c1-3-26-19(25)22-12-10-21(11-13-22)18(24)20-8-9-23-15(2)14-16-6-4-5-7-17(16)23/h4-7,15H,3,8-14H2,1-2H3,(H,20,24). The van der Waals surface area contributed by atoms with Crippen LogP contribution < -0.4 is 10.2 Å². The molecule has 7 heteroatoms. The maximum atomic E-state index is 12.4. The zero-order valence-corrected chi connectivity index (χ0v) is 15.6. The maximum Gasteiger partial charge on any atom is 0.409 e. The van der Waals surface area contributed by atoms with Gasteiger partial charge in [-0.15, -0.1) is 0 Å². The Hall–Kier alpha value is -2.44. The van der Waals surface area contributed by atoms with Gasteiger partial charge in [-0.1, -0.05) is 18.2 Å². The molecule has 0 radical (unpaired) electrons. The zero-order valence-electron chi connectivity index (χ0n) is 15.6. The number of urea groups is 1. The molecular formula is C19H28N4O3. The summed E-state index contributed by atoms with van der Waals surface area (Å²) in [5.41, 5.74) is 2.65. The minimum atomic E-state index is -0.297. The van der Waals surface area contributed by atoms with Crippen LogP contribution in [0.2, 0.25) is 0 Å². The number of nitrogens with zero attached hydrogens (tertiary/aromatic N) is 3.